The summed E-state index contributed by atoms with van der Waals surface area (Å²) in [7, 11) is 4.18. The van der Waals surface area contributed by atoms with Gasteiger partial charge in [-0.15, -0.1) is 12.4 Å². The Balaban J connectivity index is 0.00000161. The van der Waals surface area contributed by atoms with Crippen LogP contribution in [-0.2, 0) is 17.8 Å². The molecular formula is C16H24ClN3O. The fourth-order valence-corrected chi connectivity index (χ4v) is 3.21. The van der Waals surface area contributed by atoms with Gasteiger partial charge < -0.3 is 15.1 Å². The maximum absolute atomic E-state index is 12.6. The molecule has 0 aromatic heterocycles. The second-order valence-electron chi connectivity index (χ2n) is 6.10. The summed E-state index contributed by atoms with van der Waals surface area (Å²) in [6, 6.07) is 8.86. The number of likely N-dealkylation sites (tertiary alicyclic amines) is 1. The van der Waals surface area contributed by atoms with Gasteiger partial charge in [0.2, 0.25) is 5.91 Å². The molecule has 1 aromatic carbocycles. The van der Waals surface area contributed by atoms with Crippen molar-refractivity contribution in [3.63, 3.8) is 0 Å². The van der Waals surface area contributed by atoms with Gasteiger partial charge in [0.15, 0.2) is 0 Å². The van der Waals surface area contributed by atoms with Crippen LogP contribution < -0.4 is 5.32 Å². The van der Waals surface area contributed by atoms with Crippen molar-refractivity contribution >= 4 is 18.3 Å². The number of nitrogens with zero attached hydrogens (tertiary/aromatic N) is 2. The molecule has 2 atom stereocenters. The first kappa shape index (κ1) is 16.3. The molecule has 0 saturated carbocycles. The lowest BCUT2D eigenvalue weighted by Crippen LogP contribution is -2.49. The van der Waals surface area contributed by atoms with Gasteiger partial charge in [-0.2, -0.15) is 0 Å². The van der Waals surface area contributed by atoms with Crippen LogP contribution >= 0.6 is 12.4 Å². The van der Waals surface area contributed by atoms with Crippen LogP contribution in [0.4, 0.5) is 0 Å². The number of fused-ring (bicyclic) bond motifs is 1. The van der Waals surface area contributed by atoms with Crippen molar-refractivity contribution in [1.29, 1.82) is 0 Å². The minimum Gasteiger partial charge on any atom is -0.340 e. The molecule has 5 heteroatoms. The summed E-state index contributed by atoms with van der Waals surface area (Å²) in [4.78, 5) is 16.9. The van der Waals surface area contributed by atoms with Crippen molar-refractivity contribution in [2.24, 2.45) is 0 Å². The summed E-state index contributed by atoms with van der Waals surface area (Å²) in [6.07, 6.45) is 1.90. The number of carbonyl (C=O) groups excluding carboxylic acids is 1. The number of likely N-dealkylation sites (N-methyl/N-ethyl adjacent to an activating group) is 1. The monoisotopic (exact) mass is 309 g/mol. The molecule has 0 spiro atoms. The molecule has 1 amide bonds. The second kappa shape index (κ2) is 6.77. The van der Waals surface area contributed by atoms with Crippen molar-refractivity contribution < 1.29 is 4.79 Å². The van der Waals surface area contributed by atoms with Crippen LogP contribution in [0, 0.1) is 0 Å². The average Bonchev–Trinajstić information content (AvgIpc) is 2.96. The molecule has 0 bridgehead atoms. The largest absolute Gasteiger partial charge is 0.340 e. The van der Waals surface area contributed by atoms with E-state index in [0.717, 1.165) is 32.5 Å². The summed E-state index contributed by atoms with van der Waals surface area (Å²) < 4.78 is 0. The maximum atomic E-state index is 12.6. The highest BCUT2D eigenvalue weighted by Crippen LogP contribution is 2.20. The zero-order valence-electron chi connectivity index (χ0n) is 12.7. The van der Waals surface area contributed by atoms with Crippen LogP contribution in [0.15, 0.2) is 24.3 Å². The smallest absolute Gasteiger partial charge is 0.240 e. The first-order valence-electron chi connectivity index (χ1n) is 7.40. The van der Waals surface area contributed by atoms with Crippen molar-refractivity contribution in [3.8, 4) is 0 Å². The number of rotatable bonds is 2. The third-order valence-electron chi connectivity index (χ3n) is 4.58. The summed E-state index contributed by atoms with van der Waals surface area (Å²) >= 11 is 0. The third kappa shape index (κ3) is 3.39. The molecular weight excluding hydrogens is 286 g/mol. The van der Waals surface area contributed by atoms with E-state index >= 15 is 0 Å². The molecule has 2 aliphatic rings. The predicted molar refractivity (Wildman–Crippen MR) is 86.7 cm³/mol. The molecule has 3 rings (SSSR count). The standard InChI is InChI=1S/C16H23N3O.ClH/c1-18(2)14-7-8-19(11-14)16(20)15-9-12-5-3-4-6-13(12)10-17-15;/h3-6,14-15,17H,7-11H2,1-2H3;1H. The first-order chi connectivity index (χ1) is 9.65. The number of halogens is 1. The Morgan fingerprint density at radius 1 is 1.29 bits per heavy atom. The van der Waals surface area contributed by atoms with Crippen LogP contribution in [0.3, 0.4) is 0 Å². The molecule has 0 radical (unpaired) electrons. The summed E-state index contributed by atoms with van der Waals surface area (Å²) in [5.74, 6) is 0.267. The Labute approximate surface area is 132 Å². The van der Waals surface area contributed by atoms with E-state index in [1.165, 1.54) is 11.1 Å². The van der Waals surface area contributed by atoms with Gasteiger partial charge in [0, 0.05) is 25.7 Å². The third-order valence-corrected chi connectivity index (χ3v) is 4.58. The predicted octanol–water partition coefficient (Wildman–Crippen LogP) is 1.29. The average molecular weight is 310 g/mol. The van der Waals surface area contributed by atoms with Crippen LogP contribution in [0.25, 0.3) is 0 Å². The normalized spacial score (nSPS) is 24.6. The number of amides is 1. The molecule has 1 fully saturated rings. The molecule has 2 unspecified atom stereocenters. The van der Waals surface area contributed by atoms with Crippen LogP contribution in [-0.4, -0.2) is 55.0 Å². The number of carbonyl (C=O) groups is 1. The molecule has 2 aliphatic heterocycles. The second-order valence-corrected chi connectivity index (χ2v) is 6.10. The number of hydrogen-bond donors (Lipinski definition) is 1. The minimum absolute atomic E-state index is 0. The topological polar surface area (TPSA) is 35.6 Å². The fourth-order valence-electron chi connectivity index (χ4n) is 3.21. The van der Waals surface area contributed by atoms with E-state index in [1.54, 1.807) is 0 Å². The zero-order valence-corrected chi connectivity index (χ0v) is 13.5. The van der Waals surface area contributed by atoms with Gasteiger partial charge >= 0.3 is 0 Å². The van der Waals surface area contributed by atoms with Crippen molar-refractivity contribution in [2.45, 2.75) is 31.5 Å². The van der Waals surface area contributed by atoms with E-state index in [2.05, 4.69) is 48.6 Å². The summed E-state index contributed by atoms with van der Waals surface area (Å²) in [5, 5.41) is 3.39. The highest BCUT2D eigenvalue weighted by molar-refractivity contribution is 5.85. The molecule has 116 valence electrons. The number of nitrogens with one attached hydrogen (secondary N) is 1. The first-order valence-corrected chi connectivity index (χ1v) is 7.40. The van der Waals surface area contributed by atoms with Gasteiger partial charge in [-0.3, -0.25) is 4.79 Å². The Hall–Kier alpha value is -1.10. The molecule has 21 heavy (non-hydrogen) atoms. The van der Waals surface area contributed by atoms with E-state index in [-0.39, 0.29) is 24.4 Å². The lowest BCUT2D eigenvalue weighted by atomic mass is 9.95. The highest BCUT2D eigenvalue weighted by Gasteiger charge is 2.33. The van der Waals surface area contributed by atoms with Gasteiger partial charge in [0.25, 0.3) is 0 Å². The van der Waals surface area contributed by atoms with Crippen LogP contribution in [0.1, 0.15) is 17.5 Å². The van der Waals surface area contributed by atoms with Gasteiger partial charge in [-0.05, 0) is 38.1 Å². The quantitative estimate of drug-likeness (QED) is 0.894. The van der Waals surface area contributed by atoms with Crippen LogP contribution in [0.2, 0.25) is 0 Å². The lowest BCUT2D eigenvalue weighted by Gasteiger charge is -2.29. The Bertz CT molecular complexity index is 506. The molecule has 0 aliphatic carbocycles. The molecule has 2 heterocycles. The van der Waals surface area contributed by atoms with E-state index in [0.29, 0.717) is 6.04 Å². The molecule has 1 saturated heterocycles. The van der Waals surface area contributed by atoms with Crippen LogP contribution in [0.5, 0.6) is 0 Å². The van der Waals surface area contributed by atoms with Crippen molar-refractivity contribution in [1.82, 2.24) is 15.1 Å². The van der Waals surface area contributed by atoms with Crippen molar-refractivity contribution in [3.05, 3.63) is 35.4 Å². The van der Waals surface area contributed by atoms with Gasteiger partial charge in [0.1, 0.15) is 0 Å². The Kier molecular flexibility index (Phi) is 5.25. The maximum Gasteiger partial charge on any atom is 0.240 e. The van der Waals surface area contributed by atoms with Gasteiger partial charge in [0.05, 0.1) is 6.04 Å². The molecule has 1 N–H and O–H groups in total. The van der Waals surface area contributed by atoms with Crippen molar-refractivity contribution in [2.75, 3.05) is 27.2 Å². The summed E-state index contributed by atoms with van der Waals surface area (Å²) in [6.45, 7) is 2.56. The van der Waals surface area contributed by atoms with E-state index in [1.807, 2.05) is 4.90 Å². The SMILES string of the molecule is CN(C)C1CCN(C(=O)C2Cc3ccccc3CN2)C1.Cl. The lowest BCUT2D eigenvalue weighted by molar-refractivity contribution is -0.132. The minimum atomic E-state index is -0.0502. The number of hydrogen-bond acceptors (Lipinski definition) is 3. The van der Waals surface area contributed by atoms with Gasteiger partial charge in [-0.1, -0.05) is 24.3 Å². The van der Waals surface area contributed by atoms with E-state index < -0.39 is 0 Å². The Morgan fingerprint density at radius 3 is 2.67 bits per heavy atom. The molecule has 1 aromatic rings. The number of benzene rings is 1. The molecule has 4 nitrogen and oxygen atoms in total. The van der Waals surface area contributed by atoms with Gasteiger partial charge in [-0.25, -0.2) is 0 Å². The fraction of sp³-hybridized carbons (Fsp3) is 0.562. The Morgan fingerprint density at radius 2 is 2.00 bits per heavy atom. The summed E-state index contributed by atoms with van der Waals surface area (Å²) in [5.41, 5.74) is 2.64. The van der Waals surface area contributed by atoms with E-state index in [4.69, 9.17) is 0 Å². The highest BCUT2D eigenvalue weighted by atomic mass is 35.5. The zero-order chi connectivity index (χ0) is 14.1. The van der Waals surface area contributed by atoms with E-state index in [9.17, 15) is 4.79 Å².